The van der Waals surface area contributed by atoms with Crippen molar-refractivity contribution in [2.24, 2.45) is 0 Å². The van der Waals surface area contributed by atoms with E-state index < -0.39 is 16.6 Å². The van der Waals surface area contributed by atoms with Crippen molar-refractivity contribution in [2.45, 2.75) is 6.42 Å². The first kappa shape index (κ1) is 14.9. The fourth-order valence-electron chi connectivity index (χ4n) is 2.00. The van der Waals surface area contributed by atoms with Gasteiger partial charge < -0.3 is 16.0 Å². The van der Waals surface area contributed by atoms with Crippen LogP contribution in [0.15, 0.2) is 18.2 Å². The van der Waals surface area contributed by atoms with Crippen LogP contribution in [-0.4, -0.2) is 46.2 Å². The molecule has 0 unspecified atom stereocenters. The van der Waals surface area contributed by atoms with Crippen molar-refractivity contribution in [3.8, 4) is 0 Å². The van der Waals surface area contributed by atoms with E-state index in [1.54, 1.807) is 0 Å². The van der Waals surface area contributed by atoms with E-state index in [9.17, 15) is 13.4 Å². The Hall–Kier alpha value is -1.47. The molecule has 1 aromatic carbocycles. The van der Waals surface area contributed by atoms with Gasteiger partial charge in [-0.05, 0) is 18.2 Å². The molecule has 0 aliphatic carbocycles. The standard InChI is InChI=1S/C13H18FN3O2S/c14-11-2-1-10(9-12(11)15)16-13(18)3-4-17-5-7-20(19)8-6-17/h1-2,9H,3-8,15H2,(H,16,18). The summed E-state index contributed by atoms with van der Waals surface area (Å²) in [5.74, 6) is 0.721. The first-order valence-corrected chi connectivity index (χ1v) is 7.95. The molecule has 5 nitrogen and oxygen atoms in total. The number of hydrogen-bond donors (Lipinski definition) is 2. The van der Waals surface area contributed by atoms with Crippen molar-refractivity contribution in [3.63, 3.8) is 0 Å². The van der Waals surface area contributed by atoms with E-state index in [1.807, 2.05) is 0 Å². The summed E-state index contributed by atoms with van der Waals surface area (Å²) in [6.45, 7) is 2.17. The quantitative estimate of drug-likeness (QED) is 0.807. The van der Waals surface area contributed by atoms with Gasteiger partial charge in [0, 0.05) is 54.0 Å². The molecule has 110 valence electrons. The fourth-order valence-corrected chi connectivity index (χ4v) is 3.13. The topological polar surface area (TPSA) is 75.4 Å². The Kier molecular flexibility index (Phi) is 5.08. The van der Waals surface area contributed by atoms with E-state index in [2.05, 4.69) is 10.2 Å². The predicted octanol–water partition coefficient (Wildman–Crippen LogP) is 0.801. The Labute approximate surface area is 119 Å². The lowest BCUT2D eigenvalue weighted by molar-refractivity contribution is -0.116. The van der Waals surface area contributed by atoms with Crippen LogP contribution < -0.4 is 11.1 Å². The summed E-state index contributed by atoms with van der Waals surface area (Å²) in [5, 5.41) is 2.69. The average Bonchev–Trinajstić information content (AvgIpc) is 2.42. The Morgan fingerprint density at radius 1 is 1.40 bits per heavy atom. The molecule has 2 rings (SSSR count). The van der Waals surface area contributed by atoms with Gasteiger partial charge in [-0.3, -0.25) is 9.00 Å². The van der Waals surface area contributed by atoms with Crippen molar-refractivity contribution in [1.29, 1.82) is 0 Å². The molecule has 1 aliphatic heterocycles. The number of nitrogens with one attached hydrogen (secondary N) is 1. The van der Waals surface area contributed by atoms with Crippen LogP contribution in [-0.2, 0) is 15.6 Å². The number of hydrogen-bond acceptors (Lipinski definition) is 4. The molecule has 0 spiro atoms. The molecule has 0 radical (unpaired) electrons. The van der Waals surface area contributed by atoms with E-state index >= 15 is 0 Å². The lowest BCUT2D eigenvalue weighted by Crippen LogP contribution is -2.39. The van der Waals surface area contributed by atoms with E-state index in [-0.39, 0.29) is 11.6 Å². The highest BCUT2D eigenvalue weighted by Gasteiger charge is 2.15. The van der Waals surface area contributed by atoms with Crippen LogP contribution in [0, 0.1) is 5.82 Å². The number of nitrogens with two attached hydrogens (primary N) is 1. The molecule has 1 saturated heterocycles. The zero-order valence-corrected chi connectivity index (χ0v) is 11.9. The molecule has 0 atom stereocenters. The minimum atomic E-state index is -0.703. The van der Waals surface area contributed by atoms with E-state index in [0.717, 1.165) is 13.1 Å². The summed E-state index contributed by atoms with van der Waals surface area (Å²) in [7, 11) is -0.703. The molecular weight excluding hydrogens is 281 g/mol. The van der Waals surface area contributed by atoms with Gasteiger partial charge in [-0.2, -0.15) is 0 Å². The smallest absolute Gasteiger partial charge is 0.225 e. The molecule has 0 bridgehead atoms. The average molecular weight is 299 g/mol. The Bertz CT molecular complexity index is 514. The van der Waals surface area contributed by atoms with Crippen molar-refractivity contribution in [1.82, 2.24) is 4.90 Å². The highest BCUT2D eigenvalue weighted by atomic mass is 32.2. The lowest BCUT2D eigenvalue weighted by atomic mass is 10.2. The van der Waals surface area contributed by atoms with Gasteiger partial charge in [0.2, 0.25) is 5.91 Å². The fraction of sp³-hybridized carbons (Fsp3) is 0.462. The van der Waals surface area contributed by atoms with Crippen LogP contribution >= 0.6 is 0 Å². The SMILES string of the molecule is Nc1cc(NC(=O)CCN2CCS(=O)CC2)ccc1F. The molecule has 1 heterocycles. The minimum Gasteiger partial charge on any atom is -0.396 e. The summed E-state index contributed by atoms with van der Waals surface area (Å²) in [4.78, 5) is 13.9. The van der Waals surface area contributed by atoms with Crippen LogP contribution in [0.25, 0.3) is 0 Å². The van der Waals surface area contributed by atoms with Gasteiger partial charge in [0.05, 0.1) is 5.69 Å². The second-order valence-electron chi connectivity index (χ2n) is 4.72. The van der Waals surface area contributed by atoms with Crippen LogP contribution in [0.3, 0.4) is 0 Å². The normalized spacial score (nSPS) is 17.1. The van der Waals surface area contributed by atoms with Gasteiger partial charge in [-0.15, -0.1) is 0 Å². The summed E-state index contributed by atoms with van der Waals surface area (Å²) in [6.07, 6.45) is 0.351. The highest BCUT2D eigenvalue weighted by molar-refractivity contribution is 7.85. The summed E-state index contributed by atoms with van der Waals surface area (Å²) < 4.78 is 24.2. The second kappa shape index (κ2) is 6.81. The lowest BCUT2D eigenvalue weighted by Gasteiger charge is -2.25. The van der Waals surface area contributed by atoms with Gasteiger partial charge in [0.25, 0.3) is 0 Å². The van der Waals surface area contributed by atoms with Gasteiger partial charge >= 0.3 is 0 Å². The van der Waals surface area contributed by atoms with Crippen LogP contribution in [0.2, 0.25) is 0 Å². The van der Waals surface area contributed by atoms with Crippen molar-refractivity contribution >= 4 is 28.1 Å². The number of nitrogens with zero attached hydrogens (tertiary/aromatic N) is 1. The first-order valence-electron chi connectivity index (χ1n) is 6.47. The maximum atomic E-state index is 13.0. The third-order valence-corrected chi connectivity index (χ3v) is 4.48. The summed E-state index contributed by atoms with van der Waals surface area (Å²) >= 11 is 0. The molecule has 1 aliphatic rings. The summed E-state index contributed by atoms with van der Waals surface area (Å²) in [6, 6.07) is 4.11. The van der Waals surface area contributed by atoms with Crippen LogP contribution in [0.4, 0.5) is 15.8 Å². The number of amides is 1. The second-order valence-corrected chi connectivity index (χ2v) is 6.42. The number of benzene rings is 1. The van der Waals surface area contributed by atoms with E-state index in [1.165, 1.54) is 18.2 Å². The molecule has 1 amide bonds. The molecule has 3 N–H and O–H groups in total. The van der Waals surface area contributed by atoms with Crippen LogP contribution in [0.1, 0.15) is 6.42 Å². The van der Waals surface area contributed by atoms with Crippen molar-refractivity contribution in [2.75, 3.05) is 42.2 Å². The molecule has 1 aromatic rings. The molecule has 20 heavy (non-hydrogen) atoms. The van der Waals surface area contributed by atoms with Gasteiger partial charge in [-0.25, -0.2) is 4.39 Å². The zero-order valence-electron chi connectivity index (χ0n) is 11.1. The largest absolute Gasteiger partial charge is 0.396 e. The van der Waals surface area contributed by atoms with Crippen LogP contribution in [0.5, 0.6) is 0 Å². The Morgan fingerprint density at radius 2 is 2.10 bits per heavy atom. The first-order chi connectivity index (χ1) is 9.54. The maximum absolute atomic E-state index is 13.0. The number of carbonyl (C=O) groups is 1. The third-order valence-electron chi connectivity index (χ3n) is 3.21. The predicted molar refractivity (Wildman–Crippen MR) is 78.4 cm³/mol. The highest BCUT2D eigenvalue weighted by Crippen LogP contribution is 2.16. The maximum Gasteiger partial charge on any atom is 0.225 e. The number of nitrogen functional groups attached to an aromatic ring is 1. The summed E-state index contributed by atoms with van der Waals surface area (Å²) in [5.41, 5.74) is 5.95. The number of carbonyl (C=O) groups excluding carboxylic acids is 1. The van der Waals surface area contributed by atoms with Gasteiger partial charge in [-0.1, -0.05) is 0 Å². The third kappa shape index (κ3) is 4.28. The van der Waals surface area contributed by atoms with Crippen molar-refractivity contribution < 1.29 is 13.4 Å². The monoisotopic (exact) mass is 299 g/mol. The van der Waals surface area contributed by atoms with Crippen molar-refractivity contribution in [3.05, 3.63) is 24.0 Å². The Balaban J connectivity index is 1.77. The molecule has 7 heteroatoms. The minimum absolute atomic E-state index is 0.0151. The van der Waals surface area contributed by atoms with E-state index in [4.69, 9.17) is 5.73 Å². The Morgan fingerprint density at radius 3 is 2.75 bits per heavy atom. The number of halogens is 1. The number of rotatable bonds is 4. The number of anilines is 2. The van der Waals surface area contributed by atoms with E-state index in [0.29, 0.717) is 30.2 Å². The molecule has 0 aromatic heterocycles. The van der Waals surface area contributed by atoms with Gasteiger partial charge in [0.15, 0.2) is 0 Å². The molecular formula is C13H18FN3O2S. The zero-order chi connectivity index (χ0) is 14.5. The van der Waals surface area contributed by atoms with Gasteiger partial charge in [0.1, 0.15) is 5.82 Å². The molecule has 1 fully saturated rings. The molecule has 0 saturated carbocycles.